The fourth-order valence-electron chi connectivity index (χ4n) is 1.74. The van der Waals surface area contributed by atoms with Crippen molar-refractivity contribution in [2.24, 2.45) is 0 Å². The number of alkyl halides is 3. The smallest absolute Gasteiger partial charge is 0.417 e. The Morgan fingerprint density at radius 3 is 2.32 bits per heavy atom. The monoisotopic (exact) mass is 354 g/mol. The number of carbonyl (C=O) groups is 1. The molecular weight excluding hydrogens is 349 g/mol. The SMILES string of the molecule is O=Cc1ccc(-c2cc(C(F)(F)F)c(S(=O)(=O)O)cc2Cl)o1. The van der Waals surface area contributed by atoms with E-state index >= 15 is 0 Å². The molecule has 0 bridgehead atoms. The Hall–Kier alpha value is -1.84. The molecule has 0 saturated carbocycles. The molecule has 1 aromatic carbocycles. The van der Waals surface area contributed by atoms with Crippen LogP contribution in [0.15, 0.2) is 33.6 Å². The van der Waals surface area contributed by atoms with E-state index in [4.69, 9.17) is 20.6 Å². The Morgan fingerprint density at radius 2 is 1.86 bits per heavy atom. The van der Waals surface area contributed by atoms with Gasteiger partial charge in [-0.25, -0.2) is 0 Å². The zero-order valence-corrected chi connectivity index (χ0v) is 12.0. The standard InChI is InChI=1S/C12H6ClF3O5S/c13-9-4-11(22(18,19)20)8(12(14,15)16)3-7(9)10-2-1-6(5-17)21-10/h1-5H,(H,18,19,20). The molecule has 10 heteroatoms. The second kappa shape index (κ2) is 5.41. The largest absolute Gasteiger partial charge is 0.453 e. The van der Waals surface area contributed by atoms with Crippen molar-refractivity contribution in [3.8, 4) is 11.3 Å². The molecule has 0 spiro atoms. The summed E-state index contributed by atoms with van der Waals surface area (Å²) in [5.41, 5.74) is -1.87. The van der Waals surface area contributed by atoms with Crippen molar-refractivity contribution in [2.45, 2.75) is 11.1 Å². The van der Waals surface area contributed by atoms with E-state index in [-0.39, 0.29) is 17.1 Å². The van der Waals surface area contributed by atoms with Crippen molar-refractivity contribution in [3.05, 3.63) is 40.6 Å². The summed E-state index contributed by atoms with van der Waals surface area (Å²) in [7, 11) is -5.13. The normalized spacial score (nSPS) is 12.4. The molecule has 2 aromatic rings. The van der Waals surface area contributed by atoms with Gasteiger partial charge in [-0.1, -0.05) is 11.6 Å². The minimum absolute atomic E-state index is 0.140. The average Bonchev–Trinajstić information content (AvgIpc) is 2.84. The van der Waals surface area contributed by atoms with Gasteiger partial charge in [-0.05, 0) is 24.3 Å². The molecule has 0 atom stereocenters. The molecule has 1 N–H and O–H groups in total. The van der Waals surface area contributed by atoms with E-state index in [2.05, 4.69) is 0 Å². The van der Waals surface area contributed by atoms with Gasteiger partial charge in [0, 0.05) is 5.56 Å². The van der Waals surface area contributed by atoms with Crippen LogP contribution in [0.3, 0.4) is 0 Å². The van der Waals surface area contributed by atoms with E-state index in [1.54, 1.807) is 0 Å². The van der Waals surface area contributed by atoms with E-state index in [1.807, 2.05) is 0 Å². The Bertz CT molecular complexity index is 839. The molecule has 0 aliphatic rings. The van der Waals surface area contributed by atoms with Crippen LogP contribution in [0, 0.1) is 0 Å². The van der Waals surface area contributed by atoms with Gasteiger partial charge in [0.25, 0.3) is 10.1 Å². The number of rotatable bonds is 3. The van der Waals surface area contributed by atoms with Gasteiger partial charge >= 0.3 is 6.18 Å². The van der Waals surface area contributed by atoms with E-state index in [1.165, 1.54) is 12.1 Å². The lowest BCUT2D eigenvalue weighted by Gasteiger charge is -2.13. The first-order chi connectivity index (χ1) is 10.0. The lowest BCUT2D eigenvalue weighted by atomic mass is 10.1. The molecule has 0 fully saturated rings. The summed E-state index contributed by atoms with van der Waals surface area (Å²) in [6.45, 7) is 0. The van der Waals surface area contributed by atoms with Gasteiger partial charge in [0.2, 0.25) is 0 Å². The molecule has 0 unspecified atom stereocenters. The van der Waals surface area contributed by atoms with Gasteiger partial charge < -0.3 is 4.42 Å². The van der Waals surface area contributed by atoms with Crippen molar-refractivity contribution in [3.63, 3.8) is 0 Å². The van der Waals surface area contributed by atoms with Crippen LogP contribution < -0.4 is 0 Å². The summed E-state index contributed by atoms with van der Waals surface area (Å²) in [6, 6.07) is 3.32. The van der Waals surface area contributed by atoms with Crippen LogP contribution in [-0.4, -0.2) is 19.3 Å². The molecule has 1 heterocycles. The maximum Gasteiger partial charge on any atom is 0.417 e. The molecule has 0 saturated heterocycles. The van der Waals surface area contributed by atoms with Crippen LogP contribution in [0.25, 0.3) is 11.3 Å². The summed E-state index contributed by atoms with van der Waals surface area (Å²) < 4.78 is 74.9. The summed E-state index contributed by atoms with van der Waals surface area (Å²) in [5, 5.41) is -0.396. The quantitative estimate of drug-likeness (QED) is 0.671. The van der Waals surface area contributed by atoms with Crippen molar-refractivity contribution in [1.29, 1.82) is 0 Å². The number of benzene rings is 1. The number of carbonyl (C=O) groups excluding carboxylic acids is 1. The van der Waals surface area contributed by atoms with E-state index in [9.17, 15) is 26.4 Å². The highest BCUT2D eigenvalue weighted by atomic mass is 35.5. The van der Waals surface area contributed by atoms with Crippen LogP contribution >= 0.6 is 11.6 Å². The molecule has 1 aromatic heterocycles. The van der Waals surface area contributed by atoms with Gasteiger partial charge in [0.1, 0.15) is 10.7 Å². The molecule has 118 valence electrons. The average molecular weight is 355 g/mol. The second-order valence-corrected chi connectivity index (χ2v) is 5.92. The highest BCUT2D eigenvalue weighted by Crippen LogP contribution is 2.40. The van der Waals surface area contributed by atoms with Gasteiger partial charge in [0.15, 0.2) is 12.0 Å². The fourth-order valence-corrected chi connectivity index (χ4v) is 2.78. The first-order valence-corrected chi connectivity index (χ1v) is 7.29. The lowest BCUT2D eigenvalue weighted by Crippen LogP contribution is -2.13. The Morgan fingerprint density at radius 1 is 1.23 bits per heavy atom. The molecule has 0 radical (unpaired) electrons. The summed E-state index contributed by atoms with van der Waals surface area (Å²) >= 11 is 5.75. The van der Waals surface area contributed by atoms with E-state index in [0.29, 0.717) is 18.4 Å². The molecule has 2 rings (SSSR count). The van der Waals surface area contributed by atoms with Crippen LogP contribution in [0.5, 0.6) is 0 Å². The maximum atomic E-state index is 13.0. The van der Waals surface area contributed by atoms with Gasteiger partial charge in [0.05, 0.1) is 10.6 Å². The van der Waals surface area contributed by atoms with Crippen molar-refractivity contribution in [2.75, 3.05) is 0 Å². The summed E-state index contributed by atoms with van der Waals surface area (Å²) in [4.78, 5) is 9.16. The topological polar surface area (TPSA) is 84.6 Å². The Kier molecular flexibility index (Phi) is 4.07. The molecule has 0 amide bonds. The molecule has 0 aliphatic heterocycles. The van der Waals surface area contributed by atoms with Crippen molar-refractivity contribution < 1.29 is 35.4 Å². The summed E-state index contributed by atoms with van der Waals surface area (Å²) in [6.07, 6.45) is -4.71. The number of halogens is 4. The second-order valence-electron chi connectivity index (χ2n) is 4.12. The van der Waals surface area contributed by atoms with Gasteiger partial charge in [-0.15, -0.1) is 0 Å². The Labute approximate surface area is 127 Å². The molecular formula is C12H6ClF3O5S. The van der Waals surface area contributed by atoms with E-state index < -0.39 is 31.8 Å². The minimum Gasteiger partial charge on any atom is -0.453 e. The number of hydrogen-bond donors (Lipinski definition) is 1. The maximum absolute atomic E-state index is 13.0. The Balaban J connectivity index is 2.76. The van der Waals surface area contributed by atoms with E-state index in [0.717, 1.165) is 0 Å². The highest BCUT2D eigenvalue weighted by Gasteiger charge is 2.38. The highest BCUT2D eigenvalue weighted by molar-refractivity contribution is 7.85. The van der Waals surface area contributed by atoms with Gasteiger partial charge in [-0.2, -0.15) is 21.6 Å². The van der Waals surface area contributed by atoms with Crippen LogP contribution in [0.1, 0.15) is 16.1 Å². The number of aldehydes is 1. The lowest BCUT2D eigenvalue weighted by molar-refractivity contribution is -0.139. The number of furan rings is 1. The molecule has 0 aliphatic carbocycles. The third-order valence-electron chi connectivity index (χ3n) is 2.66. The first kappa shape index (κ1) is 16.5. The number of hydrogen-bond acceptors (Lipinski definition) is 4. The fraction of sp³-hybridized carbons (Fsp3) is 0.0833. The zero-order valence-electron chi connectivity index (χ0n) is 10.4. The van der Waals surface area contributed by atoms with Crippen LogP contribution in [-0.2, 0) is 16.3 Å². The predicted octanol–water partition coefficient (Wildman–Crippen LogP) is 3.68. The predicted molar refractivity (Wildman–Crippen MR) is 69.4 cm³/mol. The van der Waals surface area contributed by atoms with Gasteiger partial charge in [-0.3, -0.25) is 9.35 Å². The van der Waals surface area contributed by atoms with Crippen molar-refractivity contribution in [1.82, 2.24) is 0 Å². The first-order valence-electron chi connectivity index (χ1n) is 5.47. The van der Waals surface area contributed by atoms with Crippen molar-refractivity contribution >= 4 is 28.0 Å². The van der Waals surface area contributed by atoms with Crippen LogP contribution in [0.2, 0.25) is 5.02 Å². The summed E-state index contributed by atoms with van der Waals surface area (Å²) in [5.74, 6) is -0.294. The minimum atomic E-state index is -5.13. The third kappa shape index (κ3) is 3.16. The third-order valence-corrected chi connectivity index (χ3v) is 3.87. The van der Waals surface area contributed by atoms with Crippen LogP contribution in [0.4, 0.5) is 13.2 Å². The molecule has 5 nitrogen and oxygen atoms in total. The molecule has 22 heavy (non-hydrogen) atoms. The zero-order chi connectivity index (χ0) is 16.7.